The summed E-state index contributed by atoms with van der Waals surface area (Å²) in [5.74, 6) is -4.13. The van der Waals surface area contributed by atoms with E-state index in [4.69, 9.17) is 18.6 Å². The number of thiazole rings is 2. The van der Waals surface area contributed by atoms with Crippen molar-refractivity contribution in [2.45, 2.75) is 99.3 Å². The minimum Gasteiger partial charge on any atom is -0.379 e. The lowest BCUT2D eigenvalue weighted by Gasteiger charge is -2.28. The number of benzene rings is 2. The maximum Gasteiger partial charge on any atom is 0.294 e. The van der Waals surface area contributed by atoms with Gasteiger partial charge in [-0.1, -0.05) is 36.4 Å². The van der Waals surface area contributed by atoms with E-state index in [-0.39, 0.29) is 79.6 Å². The van der Waals surface area contributed by atoms with Crippen molar-refractivity contribution in [3.8, 4) is 43.9 Å². The highest BCUT2D eigenvalue weighted by Gasteiger charge is 2.29. The number of carbonyl (C=O) groups is 2. The SMILES string of the molecule is CCOC1CCC(n2cc(NC(=O)c3csc(-c4cn[nH]c4)n3)c(-c3nc(F)ccc3F)n2)CC1.CCOC1CCC(n2cc(NC(=O)c3csc(-c4cn[nH]c4)n3)c(-c3nc(F)ccc3F)n2)CC1.O=S(=O)(O)c1ccccc1.O=S(=O)(O)c1ccccc1. The fourth-order valence-corrected chi connectivity index (χ4v) is 12.2. The molecule has 2 aliphatic rings. The van der Waals surface area contributed by atoms with Gasteiger partial charge in [0.25, 0.3) is 32.1 Å². The molecule has 2 fully saturated rings. The number of nitrogens with zero attached hydrogens (tertiary/aromatic N) is 10. The number of hydrogen-bond acceptors (Lipinski definition) is 18. The number of ether oxygens (including phenoxy) is 2. The minimum absolute atomic E-state index is 0.0414. The Labute approximate surface area is 520 Å². The summed E-state index contributed by atoms with van der Waals surface area (Å²) in [4.78, 5) is 42.0. The second-order valence-electron chi connectivity index (χ2n) is 20.0. The molecule has 8 heterocycles. The number of halogens is 4. The van der Waals surface area contributed by atoms with Gasteiger partial charge in [0.15, 0.2) is 11.6 Å². The Morgan fingerprint density at radius 2 is 0.933 bits per heavy atom. The van der Waals surface area contributed by atoms with Gasteiger partial charge in [-0.25, -0.2) is 28.7 Å². The zero-order valence-corrected chi connectivity index (χ0v) is 51.1. The van der Waals surface area contributed by atoms with Crippen molar-refractivity contribution in [3.63, 3.8) is 0 Å². The maximum absolute atomic E-state index is 14.6. The van der Waals surface area contributed by atoms with Gasteiger partial charge in [0.05, 0.1) is 57.9 Å². The summed E-state index contributed by atoms with van der Waals surface area (Å²) in [7, 11) is -8.01. The molecule has 32 heteroatoms. The van der Waals surface area contributed by atoms with Crippen molar-refractivity contribution >= 4 is 66.1 Å². The number of nitrogens with one attached hydrogen (secondary N) is 4. The topological polar surface area (TPSA) is 330 Å². The lowest BCUT2D eigenvalue weighted by Crippen LogP contribution is -2.24. The van der Waals surface area contributed by atoms with E-state index in [1.807, 2.05) is 13.8 Å². The molecule has 12 rings (SSSR count). The molecule has 10 aromatic rings. The van der Waals surface area contributed by atoms with Crippen LogP contribution in [0.5, 0.6) is 0 Å². The van der Waals surface area contributed by atoms with Gasteiger partial charge >= 0.3 is 0 Å². The summed E-state index contributed by atoms with van der Waals surface area (Å²) in [6, 6.07) is 18.8. The molecule has 0 atom stereocenters. The Kier molecular flexibility index (Phi) is 22.0. The number of aromatic amines is 2. The van der Waals surface area contributed by atoms with E-state index in [1.165, 1.54) is 46.9 Å². The Hall–Kier alpha value is -8.76. The molecule has 8 aromatic heterocycles. The molecule has 2 saturated carbocycles. The van der Waals surface area contributed by atoms with Crippen molar-refractivity contribution in [3.05, 3.63) is 168 Å². The predicted molar refractivity (Wildman–Crippen MR) is 324 cm³/mol. The number of anilines is 2. The molecule has 0 spiro atoms. The number of carbonyl (C=O) groups excluding carboxylic acids is 2. The summed E-state index contributed by atoms with van der Waals surface area (Å²) in [5, 5.41) is 32.3. The quantitative estimate of drug-likeness (QED) is 0.0297. The van der Waals surface area contributed by atoms with E-state index in [0.29, 0.717) is 23.2 Å². The van der Waals surface area contributed by atoms with Crippen LogP contribution in [0.4, 0.5) is 28.9 Å². The van der Waals surface area contributed by atoms with Gasteiger partial charge in [0, 0.05) is 59.9 Å². The molecule has 2 aromatic carbocycles. The Morgan fingerprint density at radius 3 is 1.26 bits per heavy atom. The monoisotopic (exact) mass is 1310 g/mol. The molecule has 0 bridgehead atoms. The normalized spacial score (nSPS) is 16.5. The van der Waals surface area contributed by atoms with Crippen molar-refractivity contribution in [1.29, 1.82) is 0 Å². The summed E-state index contributed by atoms with van der Waals surface area (Å²) < 4.78 is 130. The third-order valence-corrected chi connectivity index (χ3v) is 17.4. The van der Waals surface area contributed by atoms with Gasteiger partial charge in [-0.2, -0.15) is 46.0 Å². The van der Waals surface area contributed by atoms with E-state index in [9.17, 15) is 44.0 Å². The molecule has 90 heavy (non-hydrogen) atoms. The van der Waals surface area contributed by atoms with Gasteiger partial charge in [0.2, 0.25) is 11.9 Å². The second kappa shape index (κ2) is 30.2. The fourth-order valence-electron chi connectivity index (χ4n) is 9.60. The predicted octanol–water partition coefficient (Wildman–Crippen LogP) is 11.6. The van der Waals surface area contributed by atoms with Crippen LogP contribution in [0.3, 0.4) is 0 Å². The van der Waals surface area contributed by atoms with E-state index >= 15 is 0 Å². The molecule has 0 saturated heterocycles. The van der Waals surface area contributed by atoms with Crippen molar-refractivity contribution < 1.29 is 62.6 Å². The van der Waals surface area contributed by atoms with Crippen LogP contribution in [0.2, 0.25) is 0 Å². The van der Waals surface area contributed by atoms with E-state index in [1.54, 1.807) is 93.7 Å². The highest BCUT2D eigenvalue weighted by molar-refractivity contribution is 7.86. The summed E-state index contributed by atoms with van der Waals surface area (Å²) in [6.07, 6.45) is 17.1. The van der Waals surface area contributed by atoms with Gasteiger partial charge in [-0.3, -0.25) is 38.3 Å². The van der Waals surface area contributed by atoms with Gasteiger partial charge < -0.3 is 20.1 Å². The zero-order chi connectivity index (χ0) is 64.0. The number of H-pyrrole nitrogens is 2. The first-order valence-corrected chi connectivity index (χ1v) is 32.5. The molecule has 472 valence electrons. The molecule has 6 N–H and O–H groups in total. The maximum atomic E-state index is 14.6. The van der Waals surface area contributed by atoms with E-state index in [2.05, 4.69) is 61.2 Å². The van der Waals surface area contributed by atoms with E-state index < -0.39 is 55.6 Å². The average molecular weight is 1320 g/mol. The number of hydrogen-bond donors (Lipinski definition) is 6. The lowest BCUT2D eigenvalue weighted by atomic mass is 9.93. The van der Waals surface area contributed by atoms with Gasteiger partial charge in [0.1, 0.15) is 44.2 Å². The Balaban J connectivity index is 0.000000163. The third-order valence-electron chi connectivity index (χ3n) is 13.9. The number of aromatic nitrogens is 12. The Bertz CT molecular complexity index is 3950. The molecule has 0 radical (unpaired) electrons. The first-order chi connectivity index (χ1) is 43.2. The second-order valence-corrected chi connectivity index (χ2v) is 24.5. The molecule has 0 unspecified atom stereocenters. The number of rotatable bonds is 16. The largest absolute Gasteiger partial charge is 0.379 e. The zero-order valence-electron chi connectivity index (χ0n) is 47.9. The summed E-state index contributed by atoms with van der Waals surface area (Å²) >= 11 is 2.59. The number of amides is 2. The smallest absolute Gasteiger partial charge is 0.294 e. The minimum atomic E-state index is -4.00. The molecule has 2 aliphatic carbocycles. The standard InChI is InChI=1S/2C23H23F2N7O2S.2C6H6O3S/c2*1-2-34-15-5-3-14(4-6-15)32-11-17(21(31-32)20-16(24)7-8-19(25)30-20)28-22(33)18-12-35-23(29-18)13-9-26-27-10-13;2*7-10(8,9)6-4-2-1-3-5-6/h2*7-12,14-15H,2-6H2,1H3,(H,26,27)(H,28,33);2*1-5H,(H,7,8,9). The summed E-state index contributed by atoms with van der Waals surface area (Å²) in [6.45, 7) is 5.28. The highest BCUT2D eigenvalue weighted by atomic mass is 32.2. The molecular formula is C58H58F4N14O10S4. The third kappa shape index (κ3) is 17.3. The lowest BCUT2D eigenvalue weighted by molar-refractivity contribution is 0.0258. The van der Waals surface area contributed by atoms with Crippen molar-refractivity contribution in [1.82, 2.24) is 59.9 Å². The average Bonchev–Trinajstić information content (AvgIpc) is 1.96. The van der Waals surface area contributed by atoms with Crippen LogP contribution >= 0.6 is 22.7 Å². The first kappa shape index (κ1) is 65.7. The fraction of sp³-hybridized carbons (Fsp3) is 0.276. The van der Waals surface area contributed by atoms with Crippen molar-refractivity contribution in [2.75, 3.05) is 23.8 Å². The molecule has 24 nitrogen and oxygen atoms in total. The molecule has 0 aliphatic heterocycles. The number of pyridine rings is 2. The Morgan fingerprint density at radius 1 is 0.556 bits per heavy atom. The summed E-state index contributed by atoms with van der Waals surface area (Å²) in [5.41, 5.74) is 1.96. The van der Waals surface area contributed by atoms with Crippen molar-refractivity contribution in [2.24, 2.45) is 0 Å². The van der Waals surface area contributed by atoms with Crippen LogP contribution in [-0.4, -0.2) is 123 Å². The van der Waals surface area contributed by atoms with Crippen LogP contribution in [0.15, 0.2) is 143 Å². The van der Waals surface area contributed by atoms with Crippen LogP contribution < -0.4 is 10.6 Å². The van der Waals surface area contributed by atoms with Crippen LogP contribution in [0.1, 0.15) is 98.3 Å². The van der Waals surface area contributed by atoms with Crippen LogP contribution in [-0.2, 0) is 29.7 Å². The van der Waals surface area contributed by atoms with E-state index in [0.717, 1.165) is 86.8 Å². The molecular weight excluding hydrogens is 1260 g/mol. The molecule has 2 amide bonds. The van der Waals surface area contributed by atoms with Gasteiger partial charge in [-0.15, -0.1) is 22.7 Å². The van der Waals surface area contributed by atoms with Gasteiger partial charge in [-0.05, 0) is 114 Å². The highest BCUT2D eigenvalue weighted by Crippen LogP contribution is 2.37. The first-order valence-electron chi connectivity index (χ1n) is 27.9. The van der Waals surface area contributed by atoms with Crippen LogP contribution in [0, 0.1) is 23.5 Å². The van der Waals surface area contributed by atoms with Crippen LogP contribution in [0.25, 0.3) is 43.9 Å².